The first-order valence-corrected chi connectivity index (χ1v) is 4.25. The number of ether oxygens (including phenoxy) is 1. The lowest BCUT2D eigenvalue weighted by atomic mass is 10.2. The Bertz CT molecular complexity index is 393. The maximum Gasteiger partial charge on any atom is 0.441 e. The Kier molecular flexibility index (Phi) is 3.14. The molecule has 6 heteroatoms. The van der Waals surface area contributed by atoms with Gasteiger partial charge in [-0.25, -0.2) is 0 Å². The van der Waals surface area contributed by atoms with Gasteiger partial charge in [-0.2, -0.15) is 8.78 Å². The highest BCUT2D eigenvalue weighted by Gasteiger charge is 2.33. The molecule has 82 valence electrons. The van der Waals surface area contributed by atoms with Crippen LogP contribution in [0.3, 0.4) is 0 Å². The van der Waals surface area contributed by atoms with Crippen LogP contribution in [0.4, 0.5) is 8.78 Å². The second-order valence-electron chi connectivity index (χ2n) is 2.82. The zero-order valence-electron chi connectivity index (χ0n) is 7.59. The van der Waals surface area contributed by atoms with E-state index in [1.807, 2.05) is 0 Å². The largest absolute Gasteiger partial charge is 0.541 e. The zero-order chi connectivity index (χ0) is 11.6. The molecule has 0 aromatic heterocycles. The van der Waals surface area contributed by atoms with Gasteiger partial charge in [-0.05, 0) is 30.7 Å². The molecule has 0 unspecified atom stereocenters. The van der Waals surface area contributed by atoms with Gasteiger partial charge in [-0.1, -0.05) is 11.6 Å². The van der Waals surface area contributed by atoms with E-state index < -0.39 is 12.1 Å². The molecule has 0 aliphatic rings. The van der Waals surface area contributed by atoms with Crippen LogP contribution in [0.15, 0.2) is 18.2 Å². The minimum Gasteiger partial charge on any atom is -0.541 e. The van der Waals surface area contributed by atoms with Gasteiger partial charge in [0.05, 0.1) is 0 Å². The summed E-state index contributed by atoms with van der Waals surface area (Å²) in [5, 5.41) is 10.3. The zero-order valence-corrected chi connectivity index (χ0v) is 8.35. The third-order valence-corrected chi connectivity index (χ3v) is 2.04. The third kappa shape index (κ3) is 2.79. The number of aliphatic carboxylic acids is 1. The molecule has 0 amide bonds. The fraction of sp³-hybridized carbons (Fsp3) is 0.222. The summed E-state index contributed by atoms with van der Waals surface area (Å²) >= 11 is 5.64. The van der Waals surface area contributed by atoms with Crippen LogP contribution in [0, 0.1) is 6.92 Å². The number of rotatable bonds is 3. The lowest BCUT2D eigenvalue weighted by molar-refractivity contribution is -0.350. The molecule has 1 aromatic rings. The lowest BCUT2D eigenvalue weighted by Gasteiger charge is -2.18. The van der Waals surface area contributed by atoms with E-state index in [1.165, 1.54) is 12.1 Å². The predicted molar refractivity (Wildman–Crippen MR) is 46.8 cm³/mol. The number of alkyl halides is 2. The van der Waals surface area contributed by atoms with Crippen LogP contribution < -0.4 is 9.84 Å². The minimum absolute atomic E-state index is 0.286. The number of halogens is 3. The number of carboxylic acid groups (broad SMARTS) is 1. The van der Waals surface area contributed by atoms with Gasteiger partial charge in [0.25, 0.3) is 0 Å². The van der Waals surface area contributed by atoms with Gasteiger partial charge in [0.2, 0.25) is 0 Å². The van der Waals surface area contributed by atoms with Crippen LogP contribution in [0.1, 0.15) is 5.56 Å². The third-order valence-electron chi connectivity index (χ3n) is 1.61. The molecule has 0 aliphatic carbocycles. The molecule has 0 spiro atoms. The lowest BCUT2D eigenvalue weighted by Crippen LogP contribution is -2.45. The van der Waals surface area contributed by atoms with Gasteiger partial charge < -0.3 is 14.6 Å². The van der Waals surface area contributed by atoms with Crippen LogP contribution >= 0.6 is 11.6 Å². The molecule has 0 saturated heterocycles. The highest BCUT2D eigenvalue weighted by molar-refractivity contribution is 6.31. The number of hydrogen-bond donors (Lipinski definition) is 0. The Morgan fingerprint density at radius 1 is 1.53 bits per heavy atom. The van der Waals surface area contributed by atoms with Crippen LogP contribution in [-0.2, 0) is 4.79 Å². The standard InChI is InChI=1S/C9H7ClF2O3/c1-5-4-6(2-3-7(5)10)15-9(11,12)8(13)14/h2-4H,1H3,(H,13,14)/p-1. The van der Waals surface area contributed by atoms with Gasteiger partial charge in [0, 0.05) is 5.02 Å². The number of carbonyl (C=O) groups excluding carboxylic acids is 1. The van der Waals surface area contributed by atoms with Crippen molar-refractivity contribution in [3.63, 3.8) is 0 Å². The normalized spacial score (nSPS) is 11.2. The minimum atomic E-state index is -4.35. The summed E-state index contributed by atoms with van der Waals surface area (Å²) in [4.78, 5) is 9.97. The van der Waals surface area contributed by atoms with Crippen molar-refractivity contribution >= 4 is 17.6 Å². The summed E-state index contributed by atoms with van der Waals surface area (Å²) in [5.41, 5.74) is 0.503. The molecule has 15 heavy (non-hydrogen) atoms. The first-order valence-electron chi connectivity index (χ1n) is 3.87. The van der Waals surface area contributed by atoms with E-state index in [2.05, 4.69) is 4.74 Å². The molecule has 0 saturated carbocycles. The van der Waals surface area contributed by atoms with Crippen molar-refractivity contribution in [3.05, 3.63) is 28.8 Å². The molecule has 0 radical (unpaired) electrons. The second kappa shape index (κ2) is 4.02. The van der Waals surface area contributed by atoms with E-state index in [0.717, 1.165) is 6.07 Å². The van der Waals surface area contributed by atoms with Gasteiger partial charge in [0.1, 0.15) is 5.75 Å². The molecule has 0 bridgehead atoms. The average molecular weight is 236 g/mol. The number of carbonyl (C=O) groups is 1. The van der Waals surface area contributed by atoms with E-state index in [1.54, 1.807) is 6.92 Å². The van der Waals surface area contributed by atoms with Crippen molar-refractivity contribution in [2.24, 2.45) is 0 Å². The molecule has 0 fully saturated rings. The Morgan fingerprint density at radius 3 is 2.60 bits per heavy atom. The van der Waals surface area contributed by atoms with Crippen molar-refractivity contribution in [1.29, 1.82) is 0 Å². The molecule has 3 nitrogen and oxygen atoms in total. The molecule has 0 heterocycles. The highest BCUT2D eigenvalue weighted by Crippen LogP contribution is 2.25. The van der Waals surface area contributed by atoms with Gasteiger partial charge in [-0.3, -0.25) is 0 Å². The Hall–Kier alpha value is -1.36. The Morgan fingerprint density at radius 2 is 2.13 bits per heavy atom. The highest BCUT2D eigenvalue weighted by atomic mass is 35.5. The van der Waals surface area contributed by atoms with Gasteiger partial charge >= 0.3 is 6.11 Å². The smallest absolute Gasteiger partial charge is 0.441 e. The number of aryl methyl sites for hydroxylation is 1. The first-order chi connectivity index (χ1) is 6.83. The van der Waals surface area contributed by atoms with Crippen molar-refractivity contribution < 1.29 is 23.4 Å². The van der Waals surface area contributed by atoms with Crippen molar-refractivity contribution in [2.75, 3.05) is 0 Å². The molecule has 0 N–H and O–H groups in total. The van der Waals surface area contributed by atoms with E-state index in [4.69, 9.17) is 11.6 Å². The van der Waals surface area contributed by atoms with Gasteiger partial charge in [-0.15, -0.1) is 0 Å². The molecule has 0 aliphatic heterocycles. The quantitative estimate of drug-likeness (QED) is 0.795. The van der Waals surface area contributed by atoms with Crippen molar-refractivity contribution in [2.45, 2.75) is 13.0 Å². The molecular weight excluding hydrogens is 230 g/mol. The summed E-state index contributed by atoms with van der Waals surface area (Å²) in [6.45, 7) is 1.58. The average Bonchev–Trinajstić information content (AvgIpc) is 2.10. The molecule has 0 atom stereocenters. The number of benzene rings is 1. The summed E-state index contributed by atoms with van der Waals surface area (Å²) in [6, 6.07) is 3.68. The molecule has 1 aromatic carbocycles. The van der Waals surface area contributed by atoms with Crippen molar-refractivity contribution in [3.8, 4) is 5.75 Å². The maximum atomic E-state index is 12.5. The van der Waals surface area contributed by atoms with Crippen LogP contribution in [0.2, 0.25) is 5.02 Å². The first kappa shape index (κ1) is 11.7. The number of carboxylic acids is 1. The molecule has 1 rings (SSSR count). The maximum absolute atomic E-state index is 12.5. The predicted octanol–water partition coefficient (Wildman–Crippen LogP) is 1.37. The Labute approximate surface area is 89.2 Å². The SMILES string of the molecule is Cc1cc(OC(F)(F)C(=O)[O-])ccc1Cl. The Balaban J connectivity index is 2.91. The summed E-state index contributed by atoms with van der Waals surface area (Å²) < 4.78 is 29.0. The topological polar surface area (TPSA) is 49.4 Å². The fourth-order valence-corrected chi connectivity index (χ4v) is 0.988. The van der Waals surface area contributed by atoms with Crippen molar-refractivity contribution in [1.82, 2.24) is 0 Å². The van der Waals surface area contributed by atoms with Crippen LogP contribution in [0.5, 0.6) is 5.75 Å². The van der Waals surface area contributed by atoms with Gasteiger partial charge in [0.15, 0.2) is 5.97 Å². The second-order valence-corrected chi connectivity index (χ2v) is 3.22. The van der Waals surface area contributed by atoms with Crippen LogP contribution in [0.25, 0.3) is 0 Å². The van der Waals surface area contributed by atoms with E-state index in [0.29, 0.717) is 10.6 Å². The number of hydrogen-bond acceptors (Lipinski definition) is 3. The summed E-state index contributed by atoms with van der Waals surface area (Å²) in [6.07, 6.45) is -4.35. The van der Waals surface area contributed by atoms with E-state index >= 15 is 0 Å². The summed E-state index contributed by atoms with van der Waals surface area (Å²) in [5.74, 6) is -2.87. The monoisotopic (exact) mass is 235 g/mol. The van der Waals surface area contributed by atoms with E-state index in [-0.39, 0.29) is 5.75 Å². The van der Waals surface area contributed by atoms with Crippen LogP contribution in [-0.4, -0.2) is 12.1 Å². The van der Waals surface area contributed by atoms with E-state index in [9.17, 15) is 18.7 Å². The fourth-order valence-electron chi connectivity index (χ4n) is 0.870. The summed E-state index contributed by atoms with van der Waals surface area (Å²) in [7, 11) is 0. The molecular formula is C9H6ClF2O3-.